The molecule has 0 saturated heterocycles. The third kappa shape index (κ3) is 4.66. The van der Waals surface area contributed by atoms with Crippen LogP contribution in [-0.4, -0.2) is 27.3 Å². The predicted octanol–water partition coefficient (Wildman–Crippen LogP) is 4.42. The first-order chi connectivity index (χ1) is 12.9. The van der Waals surface area contributed by atoms with Gasteiger partial charge >= 0.3 is 0 Å². The first-order valence-electron chi connectivity index (χ1n) is 9.50. The van der Waals surface area contributed by atoms with Gasteiger partial charge in [-0.15, -0.1) is 0 Å². The van der Waals surface area contributed by atoms with E-state index < -0.39 is 0 Å². The van der Waals surface area contributed by atoms with Crippen LogP contribution in [0, 0.1) is 5.92 Å². The Morgan fingerprint density at radius 3 is 2.70 bits per heavy atom. The van der Waals surface area contributed by atoms with Crippen LogP contribution in [0.2, 0.25) is 5.02 Å². The Hall–Kier alpha value is -1.53. The van der Waals surface area contributed by atoms with Crippen molar-refractivity contribution in [1.29, 1.82) is 0 Å². The number of fused-ring (bicyclic) bond motifs is 1. The summed E-state index contributed by atoms with van der Waals surface area (Å²) in [6.45, 7) is 6.15. The van der Waals surface area contributed by atoms with Gasteiger partial charge in [-0.2, -0.15) is 0 Å². The Balaban J connectivity index is 1.91. The lowest BCUT2D eigenvalue weighted by Crippen LogP contribution is -2.37. The van der Waals surface area contributed by atoms with E-state index in [1.807, 2.05) is 6.92 Å². The lowest BCUT2D eigenvalue weighted by molar-refractivity contribution is -0.119. The Kier molecular flexibility index (Phi) is 6.48. The minimum Gasteiger partial charge on any atom is -0.353 e. The molecule has 1 atom stereocenters. The maximum absolute atomic E-state index is 13.1. The van der Waals surface area contributed by atoms with E-state index in [-0.39, 0.29) is 29.3 Å². The number of benzene rings is 1. The predicted molar refractivity (Wildman–Crippen MR) is 112 cm³/mol. The first-order valence-corrected chi connectivity index (χ1v) is 10.9. The number of hydrogen-bond donors (Lipinski definition) is 1. The van der Waals surface area contributed by atoms with Crippen LogP contribution in [0.25, 0.3) is 10.9 Å². The van der Waals surface area contributed by atoms with E-state index in [2.05, 4.69) is 24.1 Å². The van der Waals surface area contributed by atoms with Gasteiger partial charge in [0.25, 0.3) is 5.56 Å². The molecule has 1 amide bonds. The molecule has 1 saturated carbocycles. The molecule has 7 heteroatoms. The molecular formula is C20H26ClN3O2S. The fraction of sp³-hybridized carbons (Fsp3) is 0.550. The van der Waals surface area contributed by atoms with Crippen LogP contribution in [0.4, 0.5) is 0 Å². The molecule has 27 heavy (non-hydrogen) atoms. The highest BCUT2D eigenvalue weighted by Gasteiger charge is 2.23. The van der Waals surface area contributed by atoms with Crippen molar-refractivity contribution in [2.75, 3.05) is 5.75 Å². The van der Waals surface area contributed by atoms with Gasteiger partial charge in [0.15, 0.2) is 5.16 Å². The highest BCUT2D eigenvalue weighted by molar-refractivity contribution is 7.99. The number of carbonyl (C=O) groups excluding carboxylic acids is 1. The van der Waals surface area contributed by atoms with E-state index in [0.717, 1.165) is 25.7 Å². The van der Waals surface area contributed by atoms with Gasteiger partial charge in [0.2, 0.25) is 5.91 Å². The second-order valence-corrected chi connectivity index (χ2v) is 8.94. The van der Waals surface area contributed by atoms with E-state index >= 15 is 0 Å². The largest absolute Gasteiger partial charge is 0.353 e. The first kappa shape index (κ1) is 20.2. The van der Waals surface area contributed by atoms with Gasteiger partial charge in [-0.05, 0) is 43.9 Å². The summed E-state index contributed by atoms with van der Waals surface area (Å²) in [6.07, 6.45) is 4.19. The molecule has 0 unspecified atom stereocenters. The summed E-state index contributed by atoms with van der Waals surface area (Å²) >= 11 is 7.41. The van der Waals surface area contributed by atoms with Gasteiger partial charge in [-0.3, -0.25) is 14.2 Å². The van der Waals surface area contributed by atoms with Crippen molar-refractivity contribution in [3.63, 3.8) is 0 Å². The smallest absolute Gasteiger partial charge is 0.262 e. The van der Waals surface area contributed by atoms with Crippen LogP contribution < -0.4 is 10.9 Å². The molecule has 1 aliphatic carbocycles. The van der Waals surface area contributed by atoms with Crippen molar-refractivity contribution in [1.82, 2.24) is 14.9 Å². The molecule has 1 aromatic carbocycles. The van der Waals surface area contributed by atoms with Gasteiger partial charge in [-0.25, -0.2) is 4.98 Å². The molecule has 1 heterocycles. The molecule has 146 valence electrons. The second-order valence-electron chi connectivity index (χ2n) is 7.56. The van der Waals surface area contributed by atoms with Crippen LogP contribution >= 0.6 is 23.4 Å². The van der Waals surface area contributed by atoms with E-state index in [0.29, 0.717) is 27.0 Å². The van der Waals surface area contributed by atoms with Gasteiger partial charge in [0.05, 0.1) is 16.7 Å². The van der Waals surface area contributed by atoms with E-state index in [4.69, 9.17) is 11.6 Å². The molecule has 2 aromatic rings. The van der Waals surface area contributed by atoms with Crippen LogP contribution in [0.1, 0.15) is 52.5 Å². The number of hydrogen-bond acceptors (Lipinski definition) is 4. The summed E-state index contributed by atoms with van der Waals surface area (Å²) in [6, 6.07) is 5.44. The van der Waals surface area contributed by atoms with Crippen molar-refractivity contribution < 1.29 is 4.79 Å². The van der Waals surface area contributed by atoms with E-state index in [1.54, 1.807) is 22.8 Å². The molecule has 3 rings (SSSR count). The quantitative estimate of drug-likeness (QED) is 0.568. The third-order valence-corrected chi connectivity index (χ3v) is 6.43. The SMILES string of the molecule is CC(C)[C@@H](C)NC(=O)CSc1nc2cc(Cl)ccc2c(=O)n1C1CCCC1. The summed E-state index contributed by atoms with van der Waals surface area (Å²) in [7, 11) is 0. The average Bonchev–Trinajstić information content (AvgIpc) is 3.13. The maximum Gasteiger partial charge on any atom is 0.262 e. The molecule has 1 fully saturated rings. The number of rotatable bonds is 6. The van der Waals surface area contributed by atoms with Crippen LogP contribution in [0.3, 0.4) is 0 Å². The lowest BCUT2D eigenvalue weighted by atomic mass is 10.1. The molecule has 1 N–H and O–H groups in total. The zero-order valence-electron chi connectivity index (χ0n) is 16.0. The number of thioether (sulfide) groups is 1. The third-order valence-electron chi connectivity index (χ3n) is 5.24. The molecular weight excluding hydrogens is 382 g/mol. The Morgan fingerprint density at radius 2 is 2.04 bits per heavy atom. The van der Waals surface area contributed by atoms with Crippen LogP contribution in [0.15, 0.2) is 28.2 Å². The number of aromatic nitrogens is 2. The lowest BCUT2D eigenvalue weighted by Gasteiger charge is -2.20. The average molecular weight is 408 g/mol. The zero-order valence-corrected chi connectivity index (χ0v) is 17.6. The summed E-state index contributed by atoms with van der Waals surface area (Å²) in [5.41, 5.74) is 0.544. The van der Waals surface area contributed by atoms with Crippen LogP contribution in [0.5, 0.6) is 0 Å². The minimum absolute atomic E-state index is 0.0398. The topological polar surface area (TPSA) is 64.0 Å². The number of halogens is 1. The fourth-order valence-electron chi connectivity index (χ4n) is 3.33. The molecule has 1 aliphatic rings. The highest BCUT2D eigenvalue weighted by atomic mass is 35.5. The van der Waals surface area contributed by atoms with Gasteiger partial charge in [0, 0.05) is 17.1 Å². The standard InChI is InChI=1S/C20H26ClN3O2S/c1-12(2)13(3)22-18(25)11-27-20-23-17-10-14(21)8-9-16(17)19(26)24(20)15-6-4-5-7-15/h8-10,12-13,15H,4-7,11H2,1-3H3,(H,22,25)/t13-/m1/s1. The minimum atomic E-state index is -0.0420. The van der Waals surface area contributed by atoms with E-state index in [9.17, 15) is 9.59 Å². The van der Waals surface area contributed by atoms with Crippen molar-refractivity contribution in [2.24, 2.45) is 5.92 Å². The molecule has 5 nitrogen and oxygen atoms in total. The normalized spacial score (nSPS) is 16.2. The monoisotopic (exact) mass is 407 g/mol. The van der Waals surface area contributed by atoms with Crippen molar-refractivity contribution in [3.05, 3.63) is 33.6 Å². The molecule has 0 spiro atoms. The van der Waals surface area contributed by atoms with Crippen molar-refractivity contribution in [3.8, 4) is 0 Å². The Bertz CT molecular complexity index is 891. The summed E-state index contributed by atoms with van der Waals surface area (Å²) < 4.78 is 1.80. The number of carbonyl (C=O) groups is 1. The summed E-state index contributed by atoms with van der Waals surface area (Å²) in [4.78, 5) is 30.1. The molecule has 1 aromatic heterocycles. The summed E-state index contributed by atoms with van der Waals surface area (Å²) in [5, 5.41) is 4.73. The highest BCUT2D eigenvalue weighted by Crippen LogP contribution is 2.32. The van der Waals surface area contributed by atoms with Gasteiger partial charge < -0.3 is 5.32 Å². The van der Waals surface area contributed by atoms with Gasteiger partial charge in [0.1, 0.15) is 0 Å². The Labute approximate surface area is 168 Å². The van der Waals surface area contributed by atoms with Crippen molar-refractivity contribution >= 4 is 40.2 Å². The second kappa shape index (κ2) is 8.65. The maximum atomic E-state index is 13.1. The summed E-state index contributed by atoms with van der Waals surface area (Å²) in [5.74, 6) is 0.568. The van der Waals surface area contributed by atoms with E-state index in [1.165, 1.54) is 11.8 Å². The van der Waals surface area contributed by atoms with Crippen molar-refractivity contribution in [2.45, 2.75) is 63.7 Å². The van der Waals surface area contributed by atoms with Gasteiger partial charge in [-0.1, -0.05) is 50.1 Å². The number of nitrogens with one attached hydrogen (secondary N) is 1. The van der Waals surface area contributed by atoms with Crippen LogP contribution in [-0.2, 0) is 4.79 Å². The zero-order chi connectivity index (χ0) is 19.6. The number of amides is 1. The fourth-order valence-corrected chi connectivity index (χ4v) is 4.37. The molecule has 0 radical (unpaired) electrons. The number of nitrogens with zero attached hydrogens (tertiary/aromatic N) is 2. The molecule has 0 bridgehead atoms. The Morgan fingerprint density at radius 1 is 1.33 bits per heavy atom. The molecule has 0 aliphatic heterocycles.